The number of rotatable bonds is 7. The van der Waals surface area contributed by atoms with E-state index in [-0.39, 0.29) is 17.2 Å². The second kappa shape index (κ2) is 8.70. The molecule has 2 N–H and O–H groups in total. The third-order valence-electron chi connectivity index (χ3n) is 3.88. The van der Waals surface area contributed by atoms with E-state index >= 15 is 0 Å². The van der Waals surface area contributed by atoms with Gasteiger partial charge in [0.1, 0.15) is 0 Å². The highest BCUT2D eigenvalue weighted by molar-refractivity contribution is 7.99. The number of ether oxygens (including phenoxy) is 1. The van der Waals surface area contributed by atoms with Gasteiger partial charge in [-0.15, -0.1) is 10.2 Å². The molecule has 2 heterocycles. The fourth-order valence-corrected chi connectivity index (χ4v) is 3.40. The van der Waals surface area contributed by atoms with Gasteiger partial charge >= 0.3 is 5.97 Å². The summed E-state index contributed by atoms with van der Waals surface area (Å²) in [6.07, 6.45) is 1.56. The van der Waals surface area contributed by atoms with E-state index in [2.05, 4.69) is 25.2 Å². The fourth-order valence-electron chi connectivity index (χ4n) is 2.64. The number of methoxy groups -OCH3 is 1. The van der Waals surface area contributed by atoms with E-state index in [1.807, 2.05) is 6.92 Å². The van der Waals surface area contributed by atoms with Crippen molar-refractivity contribution in [1.82, 2.24) is 19.6 Å². The topological polar surface area (TPSA) is 118 Å². The summed E-state index contributed by atoms with van der Waals surface area (Å²) in [5, 5.41) is 11.3. The molecule has 28 heavy (non-hydrogen) atoms. The quantitative estimate of drug-likeness (QED) is 0.458. The molecule has 3 aromatic rings. The van der Waals surface area contributed by atoms with E-state index in [9.17, 15) is 14.4 Å². The van der Waals surface area contributed by atoms with Gasteiger partial charge < -0.3 is 10.1 Å². The van der Waals surface area contributed by atoms with Crippen LogP contribution in [0, 0.1) is 0 Å². The van der Waals surface area contributed by atoms with E-state index in [1.54, 1.807) is 28.7 Å². The number of nitrogens with one attached hydrogen (secondary N) is 2. The standard InChI is InChI=1S/C18H19N5O4S/c1-3-4-13-9-14(24)20-17-21-22-18(23(13)17)28-10-15(25)19-12-7-5-11(6-8-12)16(26)27-2/h5-9H,3-4,10H2,1-2H3,(H,19,25)(H,20,21,24). The summed E-state index contributed by atoms with van der Waals surface area (Å²) in [6.45, 7) is 2.02. The van der Waals surface area contributed by atoms with Gasteiger partial charge in [-0.1, -0.05) is 25.1 Å². The van der Waals surface area contributed by atoms with Crippen molar-refractivity contribution in [1.29, 1.82) is 0 Å². The number of esters is 1. The predicted molar refractivity (Wildman–Crippen MR) is 105 cm³/mol. The number of aryl methyl sites for hydroxylation is 1. The second-order valence-corrected chi connectivity index (χ2v) is 6.86. The van der Waals surface area contributed by atoms with Crippen LogP contribution in [0.4, 0.5) is 5.69 Å². The number of anilines is 1. The van der Waals surface area contributed by atoms with Crippen LogP contribution in [0.15, 0.2) is 40.3 Å². The van der Waals surface area contributed by atoms with E-state index < -0.39 is 5.97 Å². The maximum Gasteiger partial charge on any atom is 0.337 e. The molecule has 0 unspecified atom stereocenters. The van der Waals surface area contributed by atoms with Crippen LogP contribution in [0.25, 0.3) is 5.78 Å². The molecular weight excluding hydrogens is 382 g/mol. The summed E-state index contributed by atoms with van der Waals surface area (Å²) in [4.78, 5) is 38.0. The summed E-state index contributed by atoms with van der Waals surface area (Å²) in [5.41, 5.74) is 1.54. The van der Waals surface area contributed by atoms with Crippen LogP contribution in [-0.4, -0.2) is 44.3 Å². The fraction of sp³-hybridized carbons (Fsp3) is 0.278. The molecule has 10 heteroatoms. The van der Waals surface area contributed by atoms with Crippen molar-refractivity contribution in [2.45, 2.75) is 24.9 Å². The Morgan fingerprint density at radius 2 is 2.00 bits per heavy atom. The van der Waals surface area contributed by atoms with Crippen molar-refractivity contribution < 1.29 is 14.3 Å². The van der Waals surface area contributed by atoms with Crippen molar-refractivity contribution in [2.24, 2.45) is 0 Å². The predicted octanol–water partition coefficient (Wildman–Crippen LogP) is 1.89. The lowest BCUT2D eigenvalue weighted by molar-refractivity contribution is -0.113. The average Bonchev–Trinajstić information content (AvgIpc) is 3.09. The van der Waals surface area contributed by atoms with Crippen LogP contribution in [0.2, 0.25) is 0 Å². The summed E-state index contributed by atoms with van der Waals surface area (Å²) in [5.74, 6) is -0.191. The monoisotopic (exact) mass is 401 g/mol. The third-order valence-corrected chi connectivity index (χ3v) is 4.81. The highest BCUT2D eigenvalue weighted by Crippen LogP contribution is 2.19. The average molecular weight is 401 g/mol. The number of hydrogen-bond donors (Lipinski definition) is 2. The third kappa shape index (κ3) is 4.39. The molecular formula is C18H19N5O4S. The van der Waals surface area contributed by atoms with Crippen LogP contribution in [0.3, 0.4) is 0 Å². The summed E-state index contributed by atoms with van der Waals surface area (Å²) in [7, 11) is 1.31. The normalized spacial score (nSPS) is 10.8. The van der Waals surface area contributed by atoms with E-state index in [1.165, 1.54) is 24.9 Å². The van der Waals surface area contributed by atoms with Gasteiger partial charge in [0.05, 0.1) is 18.4 Å². The lowest BCUT2D eigenvalue weighted by Gasteiger charge is -2.07. The summed E-state index contributed by atoms with van der Waals surface area (Å²) >= 11 is 1.22. The van der Waals surface area contributed by atoms with Gasteiger partial charge in [-0.2, -0.15) is 0 Å². The van der Waals surface area contributed by atoms with Crippen LogP contribution in [0.1, 0.15) is 29.4 Å². The molecule has 3 rings (SSSR count). The molecule has 0 radical (unpaired) electrons. The van der Waals surface area contributed by atoms with E-state index in [0.29, 0.717) is 28.6 Å². The Hall–Kier alpha value is -3.14. The molecule has 0 fully saturated rings. The number of benzene rings is 1. The molecule has 0 aliphatic rings. The van der Waals surface area contributed by atoms with Gasteiger partial charge in [0, 0.05) is 17.4 Å². The smallest absolute Gasteiger partial charge is 0.337 e. The first-order chi connectivity index (χ1) is 13.5. The number of hydrogen-bond acceptors (Lipinski definition) is 7. The van der Waals surface area contributed by atoms with Crippen molar-refractivity contribution in [2.75, 3.05) is 18.2 Å². The molecule has 1 aromatic carbocycles. The Kier molecular flexibility index (Phi) is 6.09. The molecule has 1 amide bonds. The molecule has 146 valence electrons. The number of thioether (sulfide) groups is 1. The largest absolute Gasteiger partial charge is 0.465 e. The molecule has 0 spiro atoms. The lowest BCUT2D eigenvalue weighted by atomic mass is 10.2. The Bertz CT molecular complexity index is 1060. The van der Waals surface area contributed by atoms with Gasteiger partial charge in [0.15, 0.2) is 5.16 Å². The molecule has 0 saturated carbocycles. The zero-order valence-corrected chi connectivity index (χ0v) is 16.2. The highest BCUT2D eigenvalue weighted by atomic mass is 32.2. The van der Waals surface area contributed by atoms with Crippen molar-refractivity contribution >= 4 is 35.1 Å². The number of aromatic amines is 1. The first-order valence-corrected chi connectivity index (χ1v) is 9.58. The van der Waals surface area contributed by atoms with Gasteiger partial charge in [-0.3, -0.25) is 19.0 Å². The Labute approximate surface area is 164 Å². The van der Waals surface area contributed by atoms with Gasteiger partial charge in [0.25, 0.3) is 5.56 Å². The molecule has 0 atom stereocenters. The van der Waals surface area contributed by atoms with Crippen molar-refractivity contribution in [3.8, 4) is 0 Å². The minimum atomic E-state index is -0.437. The van der Waals surface area contributed by atoms with Gasteiger partial charge in [-0.25, -0.2) is 4.79 Å². The van der Waals surface area contributed by atoms with Gasteiger partial charge in [-0.05, 0) is 30.7 Å². The minimum Gasteiger partial charge on any atom is -0.465 e. The zero-order chi connectivity index (χ0) is 20.1. The number of nitrogens with zero attached hydrogens (tertiary/aromatic N) is 3. The molecule has 0 saturated heterocycles. The number of H-pyrrole nitrogens is 1. The molecule has 0 aliphatic carbocycles. The molecule has 0 bridgehead atoms. The van der Waals surface area contributed by atoms with Crippen LogP contribution in [0.5, 0.6) is 0 Å². The molecule has 0 aliphatic heterocycles. The van der Waals surface area contributed by atoms with Crippen molar-refractivity contribution in [3.63, 3.8) is 0 Å². The number of aromatic nitrogens is 4. The van der Waals surface area contributed by atoms with Gasteiger partial charge in [0.2, 0.25) is 11.7 Å². The first-order valence-electron chi connectivity index (χ1n) is 8.60. The number of amides is 1. The van der Waals surface area contributed by atoms with E-state index in [0.717, 1.165) is 12.1 Å². The Morgan fingerprint density at radius 1 is 1.25 bits per heavy atom. The summed E-state index contributed by atoms with van der Waals surface area (Å²) in [6, 6.07) is 7.94. The maximum absolute atomic E-state index is 12.2. The lowest BCUT2D eigenvalue weighted by Crippen LogP contribution is -2.15. The maximum atomic E-state index is 12.2. The van der Waals surface area contributed by atoms with Crippen LogP contribution in [-0.2, 0) is 16.0 Å². The number of fused-ring (bicyclic) bond motifs is 1. The van der Waals surface area contributed by atoms with E-state index in [4.69, 9.17) is 0 Å². The minimum absolute atomic E-state index is 0.115. The van der Waals surface area contributed by atoms with Crippen LogP contribution >= 0.6 is 11.8 Å². The highest BCUT2D eigenvalue weighted by Gasteiger charge is 2.14. The summed E-state index contributed by atoms with van der Waals surface area (Å²) < 4.78 is 6.40. The van der Waals surface area contributed by atoms with Crippen LogP contribution < -0.4 is 10.9 Å². The molecule has 9 nitrogen and oxygen atoms in total. The first kappa shape index (κ1) is 19.6. The second-order valence-electron chi connectivity index (χ2n) is 5.92. The zero-order valence-electron chi connectivity index (χ0n) is 15.4. The van der Waals surface area contributed by atoms with Crippen molar-refractivity contribution in [3.05, 3.63) is 51.9 Å². The number of carbonyl (C=O) groups excluding carboxylic acids is 2. The SMILES string of the molecule is CCCc1cc(=O)[nH]c2nnc(SCC(=O)Nc3ccc(C(=O)OC)cc3)n12. The molecule has 2 aromatic heterocycles. The Balaban J connectivity index is 1.68. The number of carbonyl (C=O) groups is 2. The Morgan fingerprint density at radius 3 is 2.68 bits per heavy atom.